The molecule has 0 unspecified atom stereocenters. The van der Waals surface area contributed by atoms with E-state index in [0.29, 0.717) is 6.54 Å². The van der Waals surface area contributed by atoms with Crippen LogP contribution in [0.2, 0.25) is 0 Å². The molecule has 18 heavy (non-hydrogen) atoms. The zero-order valence-electron chi connectivity index (χ0n) is 10.00. The maximum Gasteiger partial charge on any atom is 0.338 e. The second-order valence-corrected chi connectivity index (χ2v) is 3.65. The molecule has 0 fully saturated rings. The molecular weight excluding hydrogens is 239 g/mol. The third-order valence-electron chi connectivity index (χ3n) is 2.26. The van der Waals surface area contributed by atoms with Crippen LogP contribution in [-0.2, 0) is 4.79 Å². The minimum absolute atomic E-state index is 0.251. The first-order valence-electron chi connectivity index (χ1n) is 5.58. The molecule has 0 aliphatic heterocycles. The Morgan fingerprint density at radius 1 is 1.39 bits per heavy atom. The Bertz CT molecular complexity index is 449. The molecule has 6 heteroatoms. The van der Waals surface area contributed by atoms with Gasteiger partial charge < -0.3 is 15.7 Å². The van der Waals surface area contributed by atoms with Crippen molar-refractivity contribution >= 4 is 17.6 Å². The van der Waals surface area contributed by atoms with Crippen LogP contribution in [0.3, 0.4) is 0 Å². The molecule has 1 amide bonds. The van der Waals surface area contributed by atoms with Gasteiger partial charge in [-0.2, -0.15) is 0 Å². The SMILES string of the molecule is CCNCCC(=O)Nc1ccc(F)c(C(=O)O)c1. The van der Waals surface area contributed by atoms with E-state index in [9.17, 15) is 14.0 Å². The van der Waals surface area contributed by atoms with Gasteiger partial charge in [-0.15, -0.1) is 0 Å². The van der Waals surface area contributed by atoms with Crippen molar-refractivity contribution in [3.63, 3.8) is 0 Å². The average Bonchev–Trinajstić information content (AvgIpc) is 2.31. The number of halogens is 1. The summed E-state index contributed by atoms with van der Waals surface area (Å²) in [5.41, 5.74) is -0.185. The first kappa shape index (κ1) is 14.1. The van der Waals surface area contributed by atoms with Gasteiger partial charge in [-0.1, -0.05) is 6.92 Å². The van der Waals surface area contributed by atoms with Crippen molar-refractivity contribution in [3.05, 3.63) is 29.6 Å². The quantitative estimate of drug-likeness (QED) is 0.672. The van der Waals surface area contributed by atoms with E-state index in [4.69, 9.17) is 5.11 Å². The number of carbonyl (C=O) groups is 2. The number of benzene rings is 1. The summed E-state index contributed by atoms with van der Waals surface area (Å²) >= 11 is 0. The zero-order valence-corrected chi connectivity index (χ0v) is 10.00. The van der Waals surface area contributed by atoms with Crippen LogP contribution in [0.1, 0.15) is 23.7 Å². The van der Waals surface area contributed by atoms with Crippen molar-refractivity contribution in [1.29, 1.82) is 0 Å². The molecule has 0 atom stereocenters. The number of carboxylic acids is 1. The number of hydrogen-bond donors (Lipinski definition) is 3. The molecule has 98 valence electrons. The van der Waals surface area contributed by atoms with Crippen molar-refractivity contribution in [1.82, 2.24) is 5.32 Å². The fourth-order valence-corrected chi connectivity index (χ4v) is 1.37. The fourth-order valence-electron chi connectivity index (χ4n) is 1.37. The van der Waals surface area contributed by atoms with Gasteiger partial charge in [0.15, 0.2) is 0 Å². The van der Waals surface area contributed by atoms with Gasteiger partial charge in [-0.3, -0.25) is 4.79 Å². The molecular formula is C12H15FN2O3. The molecule has 1 aromatic rings. The third-order valence-corrected chi connectivity index (χ3v) is 2.26. The summed E-state index contributed by atoms with van der Waals surface area (Å²) in [5.74, 6) is -2.44. The lowest BCUT2D eigenvalue weighted by Gasteiger charge is -2.07. The predicted octanol–water partition coefficient (Wildman–Crippen LogP) is 1.46. The molecule has 0 aliphatic carbocycles. The van der Waals surface area contributed by atoms with Crippen molar-refractivity contribution in [2.24, 2.45) is 0 Å². The van der Waals surface area contributed by atoms with E-state index in [-0.39, 0.29) is 18.0 Å². The topological polar surface area (TPSA) is 78.4 Å². The van der Waals surface area contributed by atoms with Crippen molar-refractivity contribution in [2.75, 3.05) is 18.4 Å². The highest BCUT2D eigenvalue weighted by molar-refractivity contribution is 5.94. The van der Waals surface area contributed by atoms with Gasteiger partial charge in [0, 0.05) is 18.7 Å². The predicted molar refractivity (Wildman–Crippen MR) is 65.1 cm³/mol. The maximum absolute atomic E-state index is 13.1. The third kappa shape index (κ3) is 4.14. The Labute approximate surface area is 104 Å². The lowest BCUT2D eigenvalue weighted by molar-refractivity contribution is -0.116. The van der Waals surface area contributed by atoms with E-state index < -0.39 is 17.3 Å². The minimum Gasteiger partial charge on any atom is -0.478 e. The van der Waals surface area contributed by atoms with Gasteiger partial charge in [-0.05, 0) is 24.7 Å². The van der Waals surface area contributed by atoms with Crippen LogP contribution in [0.25, 0.3) is 0 Å². The molecule has 0 heterocycles. The molecule has 1 aromatic carbocycles. The van der Waals surface area contributed by atoms with E-state index in [1.54, 1.807) is 0 Å². The fraction of sp³-hybridized carbons (Fsp3) is 0.333. The molecule has 0 radical (unpaired) electrons. The molecule has 3 N–H and O–H groups in total. The van der Waals surface area contributed by atoms with Gasteiger partial charge in [0.25, 0.3) is 0 Å². The summed E-state index contributed by atoms with van der Waals surface area (Å²) < 4.78 is 13.1. The molecule has 0 saturated heterocycles. The van der Waals surface area contributed by atoms with E-state index in [0.717, 1.165) is 18.7 Å². The van der Waals surface area contributed by atoms with Crippen molar-refractivity contribution in [2.45, 2.75) is 13.3 Å². The zero-order chi connectivity index (χ0) is 13.5. The number of carbonyl (C=O) groups excluding carboxylic acids is 1. The summed E-state index contributed by atoms with van der Waals surface area (Å²) in [5, 5.41) is 14.2. The standard InChI is InChI=1S/C12H15FN2O3/c1-2-14-6-5-11(16)15-8-3-4-10(13)9(7-8)12(17)18/h3-4,7,14H,2,5-6H2,1H3,(H,15,16)(H,17,18). The van der Waals surface area contributed by atoms with Crippen LogP contribution in [0.4, 0.5) is 10.1 Å². The Kier molecular flexibility index (Phi) is 5.26. The van der Waals surface area contributed by atoms with Gasteiger partial charge in [0.1, 0.15) is 5.82 Å². The highest BCUT2D eigenvalue weighted by atomic mass is 19.1. The molecule has 0 aromatic heterocycles. The Morgan fingerprint density at radius 3 is 2.72 bits per heavy atom. The largest absolute Gasteiger partial charge is 0.478 e. The number of amides is 1. The lowest BCUT2D eigenvalue weighted by atomic mass is 10.2. The van der Waals surface area contributed by atoms with Gasteiger partial charge in [0.05, 0.1) is 5.56 Å². The molecule has 0 saturated carbocycles. The number of anilines is 1. The molecule has 1 rings (SSSR count). The first-order valence-corrected chi connectivity index (χ1v) is 5.58. The molecule has 0 bridgehead atoms. The number of carboxylic acid groups (broad SMARTS) is 1. The smallest absolute Gasteiger partial charge is 0.338 e. The monoisotopic (exact) mass is 254 g/mol. The molecule has 5 nitrogen and oxygen atoms in total. The second kappa shape index (κ2) is 6.70. The summed E-state index contributed by atoms with van der Waals surface area (Å²) in [6, 6.07) is 3.44. The van der Waals surface area contributed by atoms with Crippen LogP contribution in [-0.4, -0.2) is 30.1 Å². The highest BCUT2D eigenvalue weighted by Gasteiger charge is 2.11. The summed E-state index contributed by atoms with van der Waals surface area (Å²) in [6.45, 7) is 3.24. The average molecular weight is 254 g/mol. The summed E-state index contributed by atoms with van der Waals surface area (Å²) in [6.07, 6.45) is 0.271. The van der Waals surface area contributed by atoms with E-state index >= 15 is 0 Å². The number of nitrogens with one attached hydrogen (secondary N) is 2. The van der Waals surface area contributed by atoms with Crippen LogP contribution >= 0.6 is 0 Å². The van der Waals surface area contributed by atoms with Gasteiger partial charge >= 0.3 is 5.97 Å². The van der Waals surface area contributed by atoms with Crippen molar-refractivity contribution in [3.8, 4) is 0 Å². The van der Waals surface area contributed by atoms with Gasteiger partial charge in [0.2, 0.25) is 5.91 Å². The van der Waals surface area contributed by atoms with E-state index in [2.05, 4.69) is 10.6 Å². The summed E-state index contributed by atoms with van der Waals surface area (Å²) in [7, 11) is 0. The highest BCUT2D eigenvalue weighted by Crippen LogP contribution is 2.14. The Balaban J connectivity index is 2.65. The van der Waals surface area contributed by atoms with Crippen LogP contribution in [0, 0.1) is 5.82 Å². The summed E-state index contributed by atoms with van der Waals surface area (Å²) in [4.78, 5) is 22.2. The van der Waals surface area contributed by atoms with Crippen LogP contribution in [0.15, 0.2) is 18.2 Å². The number of hydrogen-bond acceptors (Lipinski definition) is 3. The van der Waals surface area contributed by atoms with Crippen LogP contribution in [0.5, 0.6) is 0 Å². The van der Waals surface area contributed by atoms with Gasteiger partial charge in [-0.25, -0.2) is 9.18 Å². The maximum atomic E-state index is 13.1. The van der Waals surface area contributed by atoms with Crippen LogP contribution < -0.4 is 10.6 Å². The Morgan fingerprint density at radius 2 is 2.11 bits per heavy atom. The normalized spacial score (nSPS) is 10.1. The van der Waals surface area contributed by atoms with Crippen molar-refractivity contribution < 1.29 is 19.1 Å². The van der Waals surface area contributed by atoms with E-state index in [1.807, 2.05) is 6.92 Å². The first-order chi connectivity index (χ1) is 8.54. The minimum atomic E-state index is -1.36. The number of aromatic carboxylic acids is 1. The molecule has 0 aliphatic rings. The lowest BCUT2D eigenvalue weighted by Crippen LogP contribution is -2.21. The molecule has 0 spiro atoms. The van der Waals surface area contributed by atoms with E-state index in [1.165, 1.54) is 6.07 Å². The number of rotatable bonds is 6. The second-order valence-electron chi connectivity index (χ2n) is 3.65. The Hall–Kier alpha value is -1.95.